The predicted molar refractivity (Wildman–Crippen MR) is 106 cm³/mol. The monoisotopic (exact) mass is 463 g/mol. The van der Waals surface area contributed by atoms with E-state index in [4.69, 9.17) is 5.11 Å². The van der Waals surface area contributed by atoms with Gasteiger partial charge >= 0.3 is 0 Å². The van der Waals surface area contributed by atoms with E-state index in [2.05, 4.69) is 20.5 Å². The summed E-state index contributed by atoms with van der Waals surface area (Å²) in [5.74, 6) is -1.70. The predicted octanol–water partition coefficient (Wildman–Crippen LogP) is -3.99. The lowest BCUT2D eigenvalue weighted by molar-refractivity contribution is -0.122. The molecule has 6 N–H and O–H groups in total. The second-order valence-corrected chi connectivity index (χ2v) is 7.01. The molecule has 1 aromatic heterocycles. The van der Waals surface area contributed by atoms with E-state index >= 15 is 0 Å². The molecule has 33 heavy (non-hydrogen) atoms. The summed E-state index contributed by atoms with van der Waals surface area (Å²) < 4.78 is 0. The van der Waals surface area contributed by atoms with Crippen molar-refractivity contribution in [1.29, 1.82) is 0 Å². The van der Waals surface area contributed by atoms with Crippen molar-refractivity contribution in [3.63, 3.8) is 0 Å². The van der Waals surface area contributed by atoms with Crippen molar-refractivity contribution in [2.24, 2.45) is 5.10 Å². The summed E-state index contributed by atoms with van der Waals surface area (Å²) in [5.41, 5.74) is 2.58. The van der Waals surface area contributed by atoms with Gasteiger partial charge in [-0.2, -0.15) is 9.90 Å². The van der Waals surface area contributed by atoms with Crippen LogP contribution in [0, 0.1) is 0 Å². The third-order valence-electron chi connectivity index (χ3n) is 4.65. The van der Waals surface area contributed by atoms with Gasteiger partial charge in [0.25, 0.3) is 17.7 Å². The zero-order chi connectivity index (χ0) is 24.1. The lowest BCUT2D eigenvalue weighted by Gasteiger charge is -2.23. The molecule has 15 heteroatoms. The molecule has 3 amide bonds. The fraction of sp³-hybridized carbons (Fsp3) is 0.389. The average Bonchev–Trinajstić information content (AvgIpc) is 3.35. The zero-order valence-corrected chi connectivity index (χ0v) is 17.0. The van der Waals surface area contributed by atoms with Gasteiger partial charge in [0.2, 0.25) is 0 Å². The minimum atomic E-state index is -1.87. The highest BCUT2D eigenvalue weighted by Crippen LogP contribution is 2.23. The summed E-state index contributed by atoms with van der Waals surface area (Å²) in [6, 6.07) is 6.36. The van der Waals surface area contributed by atoms with Gasteiger partial charge in [-0.1, -0.05) is 12.1 Å². The summed E-state index contributed by atoms with van der Waals surface area (Å²) in [7, 11) is 0. The van der Waals surface area contributed by atoms with Gasteiger partial charge in [0.15, 0.2) is 5.82 Å². The summed E-state index contributed by atoms with van der Waals surface area (Å²) in [6.45, 7) is -1.52. The van der Waals surface area contributed by atoms with E-state index in [1.807, 2.05) is 5.43 Å². The van der Waals surface area contributed by atoms with Crippen LogP contribution in [0.4, 0.5) is 0 Å². The van der Waals surface area contributed by atoms with Crippen LogP contribution in [0.25, 0.3) is 0 Å². The molecule has 0 bridgehead atoms. The number of nitrogens with zero attached hydrogens (tertiary/aromatic N) is 6. The number of aliphatic hydroxyl groups is 5. The number of aromatic nitrogens is 4. The van der Waals surface area contributed by atoms with Crippen LogP contribution >= 0.6 is 0 Å². The Morgan fingerprint density at radius 1 is 1.09 bits per heavy atom. The molecule has 3 rings (SSSR count). The van der Waals surface area contributed by atoms with Crippen molar-refractivity contribution in [2.45, 2.75) is 37.5 Å². The van der Waals surface area contributed by atoms with Crippen LogP contribution in [-0.2, 0) is 17.9 Å². The first-order chi connectivity index (χ1) is 15.7. The molecule has 0 saturated heterocycles. The van der Waals surface area contributed by atoms with Crippen molar-refractivity contribution in [3.8, 4) is 0 Å². The number of hydrogen-bond acceptors (Lipinski definition) is 12. The fourth-order valence-electron chi connectivity index (χ4n) is 2.91. The standard InChI is InChI=1S/C18H21N7O8/c26-8-12(28)16(31)15(30)11(27)5-19-21-14(29)7-25-22-13(20-23-25)6-24-17(32)9-3-1-2-4-10(9)18(24)33/h1-5,11-12,15-16,26-28,30-31H,6-8H2,(H,21,29)/b19-5+/t11-,12+,15+,16-/m0/s1. The molecule has 0 aliphatic carbocycles. The van der Waals surface area contributed by atoms with E-state index in [0.717, 1.165) is 9.70 Å². The van der Waals surface area contributed by atoms with Crippen molar-refractivity contribution in [2.75, 3.05) is 6.61 Å². The second-order valence-electron chi connectivity index (χ2n) is 7.01. The Labute approximate surface area is 185 Å². The molecule has 4 atom stereocenters. The van der Waals surface area contributed by atoms with Crippen LogP contribution < -0.4 is 5.43 Å². The number of amides is 3. The fourth-order valence-corrected chi connectivity index (χ4v) is 2.91. The number of tetrazole rings is 1. The van der Waals surface area contributed by atoms with E-state index < -0.39 is 55.3 Å². The highest BCUT2D eigenvalue weighted by Gasteiger charge is 2.36. The Balaban J connectivity index is 1.51. The first-order valence-corrected chi connectivity index (χ1v) is 9.60. The highest BCUT2D eigenvalue weighted by molar-refractivity contribution is 6.21. The number of hydrazone groups is 1. The first-order valence-electron chi connectivity index (χ1n) is 9.60. The number of carbonyl (C=O) groups is 3. The Bertz CT molecular complexity index is 1020. The van der Waals surface area contributed by atoms with Gasteiger partial charge in [0.1, 0.15) is 31.0 Å². The SMILES string of the molecule is O=C(Cn1nnc(CN2C(=O)c3ccccc3C2=O)n1)N/N=C/[C@H](O)[C@@H](O)[C@@H](O)[C@H](O)CO. The van der Waals surface area contributed by atoms with Crippen LogP contribution in [0.3, 0.4) is 0 Å². The maximum Gasteiger partial charge on any atom is 0.263 e. The molecular weight excluding hydrogens is 442 g/mol. The molecule has 0 radical (unpaired) electrons. The molecule has 1 aromatic carbocycles. The van der Waals surface area contributed by atoms with Gasteiger partial charge in [-0.3, -0.25) is 19.3 Å². The van der Waals surface area contributed by atoms with Gasteiger partial charge in [-0.15, -0.1) is 10.2 Å². The highest BCUT2D eigenvalue weighted by atomic mass is 16.4. The van der Waals surface area contributed by atoms with Crippen molar-refractivity contribution in [1.82, 2.24) is 30.5 Å². The van der Waals surface area contributed by atoms with E-state index in [9.17, 15) is 34.8 Å². The van der Waals surface area contributed by atoms with E-state index in [1.54, 1.807) is 12.1 Å². The third kappa shape index (κ3) is 5.41. The number of benzene rings is 1. The van der Waals surface area contributed by atoms with Gasteiger partial charge in [-0.25, -0.2) is 5.43 Å². The van der Waals surface area contributed by atoms with Crippen LogP contribution in [0.5, 0.6) is 0 Å². The Morgan fingerprint density at radius 2 is 1.73 bits per heavy atom. The molecule has 1 aliphatic heterocycles. The average molecular weight is 463 g/mol. The minimum absolute atomic E-state index is 0.0239. The maximum atomic E-state index is 12.4. The van der Waals surface area contributed by atoms with Crippen molar-refractivity contribution >= 4 is 23.9 Å². The van der Waals surface area contributed by atoms with Crippen LogP contribution in [-0.4, -0.2) is 106 Å². The number of aliphatic hydroxyl groups excluding tert-OH is 5. The quantitative estimate of drug-likeness (QED) is 0.113. The van der Waals surface area contributed by atoms with Crippen LogP contribution in [0.15, 0.2) is 29.4 Å². The molecule has 0 spiro atoms. The number of carbonyl (C=O) groups excluding carboxylic acids is 3. The number of rotatable bonds is 10. The normalized spacial score (nSPS) is 17.2. The van der Waals surface area contributed by atoms with Gasteiger partial charge in [-0.05, 0) is 17.3 Å². The Kier molecular flexibility index (Phi) is 7.52. The second kappa shape index (κ2) is 10.3. The molecule has 0 saturated carbocycles. The summed E-state index contributed by atoms with van der Waals surface area (Å²) in [6.07, 6.45) is -6.43. The molecule has 0 unspecified atom stereocenters. The minimum Gasteiger partial charge on any atom is -0.394 e. The molecule has 176 valence electrons. The molecular formula is C18H21N7O8. The van der Waals surface area contributed by atoms with Crippen LogP contribution in [0.1, 0.15) is 26.5 Å². The third-order valence-corrected chi connectivity index (χ3v) is 4.65. The van der Waals surface area contributed by atoms with Crippen molar-refractivity contribution in [3.05, 3.63) is 41.2 Å². The van der Waals surface area contributed by atoms with Crippen LogP contribution in [0.2, 0.25) is 0 Å². The maximum absolute atomic E-state index is 12.4. The summed E-state index contributed by atoms with van der Waals surface area (Å²) >= 11 is 0. The molecule has 0 fully saturated rings. The smallest absolute Gasteiger partial charge is 0.263 e. The van der Waals surface area contributed by atoms with E-state index in [-0.39, 0.29) is 23.5 Å². The Hall–Kier alpha value is -3.63. The topological polar surface area (TPSA) is 224 Å². The van der Waals surface area contributed by atoms with Gasteiger partial charge in [0, 0.05) is 0 Å². The molecule has 2 aromatic rings. The number of nitrogens with one attached hydrogen (secondary N) is 1. The van der Waals surface area contributed by atoms with E-state index in [0.29, 0.717) is 6.21 Å². The lowest BCUT2D eigenvalue weighted by atomic mass is 10.0. The molecule has 1 aliphatic rings. The summed E-state index contributed by atoms with van der Waals surface area (Å²) in [4.78, 5) is 38.5. The Morgan fingerprint density at radius 3 is 2.33 bits per heavy atom. The largest absolute Gasteiger partial charge is 0.394 e. The van der Waals surface area contributed by atoms with E-state index in [1.165, 1.54) is 12.1 Å². The molecule has 15 nitrogen and oxygen atoms in total. The zero-order valence-electron chi connectivity index (χ0n) is 17.0. The van der Waals surface area contributed by atoms with Gasteiger partial charge < -0.3 is 25.5 Å². The summed E-state index contributed by atoms with van der Waals surface area (Å²) in [5, 5.41) is 61.5. The molecule has 2 heterocycles. The number of imide groups is 1. The van der Waals surface area contributed by atoms with Crippen molar-refractivity contribution < 1.29 is 39.9 Å². The first kappa shape index (κ1) is 24.0. The van der Waals surface area contributed by atoms with Gasteiger partial charge in [0.05, 0.1) is 30.5 Å². The number of hydrogen-bond donors (Lipinski definition) is 6. The number of fused-ring (bicyclic) bond motifs is 1. The lowest BCUT2D eigenvalue weighted by Crippen LogP contribution is -2.46.